The predicted octanol–water partition coefficient (Wildman–Crippen LogP) is 5.25. The number of ether oxygens (including phenoxy) is 1. The number of hydrogen-bond acceptors (Lipinski definition) is 5. The lowest BCUT2D eigenvalue weighted by molar-refractivity contribution is -0.121. The Bertz CT molecular complexity index is 1260. The zero-order valence-corrected chi connectivity index (χ0v) is 17.5. The molecule has 0 spiro atoms. The minimum absolute atomic E-state index is 0.0207. The molecule has 1 aliphatic heterocycles. The van der Waals surface area contributed by atoms with Crippen molar-refractivity contribution in [1.82, 2.24) is 9.97 Å². The topological polar surface area (TPSA) is 55.3 Å². The third-order valence-electron chi connectivity index (χ3n) is 5.11. The number of nitrogens with zero attached hydrogens (tertiary/aromatic N) is 3. The van der Waals surface area contributed by atoms with Crippen LogP contribution >= 0.6 is 11.3 Å². The van der Waals surface area contributed by atoms with Crippen LogP contribution < -0.4 is 9.64 Å². The molecule has 0 unspecified atom stereocenters. The van der Waals surface area contributed by atoms with Crippen LogP contribution in [0.15, 0.2) is 66.9 Å². The van der Waals surface area contributed by atoms with Gasteiger partial charge < -0.3 is 9.64 Å². The number of aromatic nitrogens is 2. The molecule has 31 heavy (non-hydrogen) atoms. The lowest BCUT2D eigenvalue weighted by Gasteiger charge is -2.30. The number of thiazole rings is 1. The molecular formula is C24H18FN3O2S. The van der Waals surface area contributed by atoms with Crippen LogP contribution in [0.25, 0.3) is 22.0 Å². The van der Waals surface area contributed by atoms with Gasteiger partial charge in [-0.05, 0) is 55.0 Å². The summed E-state index contributed by atoms with van der Waals surface area (Å²) >= 11 is 1.58. The van der Waals surface area contributed by atoms with Crippen LogP contribution in [0.3, 0.4) is 0 Å². The van der Waals surface area contributed by atoms with Crippen LogP contribution in [-0.4, -0.2) is 22.5 Å². The summed E-state index contributed by atoms with van der Waals surface area (Å²) in [4.78, 5) is 24.6. The Morgan fingerprint density at radius 2 is 1.97 bits per heavy atom. The number of benzene rings is 2. The van der Waals surface area contributed by atoms with E-state index in [1.807, 2.05) is 43.3 Å². The van der Waals surface area contributed by atoms with Gasteiger partial charge in [-0.15, -0.1) is 11.3 Å². The Morgan fingerprint density at radius 3 is 2.74 bits per heavy atom. The number of carbonyl (C=O) groups excluding carboxylic acids is 1. The molecule has 0 fully saturated rings. The molecule has 0 N–H and O–H groups in total. The predicted molar refractivity (Wildman–Crippen MR) is 119 cm³/mol. The zero-order valence-electron chi connectivity index (χ0n) is 16.7. The second-order valence-electron chi connectivity index (χ2n) is 7.22. The Balaban J connectivity index is 1.52. The molecule has 0 bridgehead atoms. The van der Waals surface area contributed by atoms with E-state index in [0.717, 1.165) is 32.4 Å². The van der Waals surface area contributed by atoms with Crippen molar-refractivity contribution in [2.24, 2.45) is 0 Å². The number of fused-ring (bicyclic) bond motifs is 1. The highest BCUT2D eigenvalue weighted by Gasteiger charge is 2.27. The Kier molecular flexibility index (Phi) is 4.95. The highest BCUT2D eigenvalue weighted by atomic mass is 32.1. The molecule has 2 aromatic carbocycles. The lowest BCUT2D eigenvalue weighted by atomic mass is 10.1. The molecule has 3 heterocycles. The smallest absolute Gasteiger partial charge is 0.265 e. The van der Waals surface area contributed by atoms with Gasteiger partial charge in [-0.3, -0.25) is 9.78 Å². The molecule has 4 aromatic rings. The number of amides is 1. The van der Waals surface area contributed by atoms with Gasteiger partial charge >= 0.3 is 0 Å². The first-order chi connectivity index (χ1) is 15.1. The molecule has 0 radical (unpaired) electrons. The molecular weight excluding hydrogens is 413 g/mol. The average Bonchev–Trinajstić information content (AvgIpc) is 3.19. The van der Waals surface area contributed by atoms with Crippen LogP contribution in [-0.2, 0) is 11.3 Å². The van der Waals surface area contributed by atoms with Crippen molar-refractivity contribution in [3.05, 3.63) is 83.1 Å². The number of hydrogen-bond donors (Lipinski definition) is 0. The van der Waals surface area contributed by atoms with Gasteiger partial charge in [-0.2, -0.15) is 0 Å². The molecule has 154 valence electrons. The molecule has 1 amide bonds. The second-order valence-corrected chi connectivity index (χ2v) is 8.42. The van der Waals surface area contributed by atoms with E-state index in [1.165, 1.54) is 12.1 Å². The molecule has 5 nitrogen and oxygen atoms in total. The quantitative estimate of drug-likeness (QED) is 0.443. The number of halogens is 1. The number of rotatable bonds is 4. The van der Waals surface area contributed by atoms with E-state index in [0.29, 0.717) is 18.0 Å². The zero-order chi connectivity index (χ0) is 21.4. The maximum Gasteiger partial charge on any atom is 0.265 e. The van der Waals surface area contributed by atoms with Crippen LogP contribution in [0, 0.1) is 12.7 Å². The van der Waals surface area contributed by atoms with Gasteiger partial charge in [0.1, 0.15) is 16.6 Å². The van der Waals surface area contributed by atoms with Gasteiger partial charge in [0, 0.05) is 16.6 Å². The molecule has 2 aromatic heterocycles. The molecule has 0 aliphatic carbocycles. The minimum Gasteiger partial charge on any atom is -0.482 e. The maximum absolute atomic E-state index is 13.3. The molecule has 5 rings (SSSR count). The van der Waals surface area contributed by atoms with E-state index in [4.69, 9.17) is 9.72 Å². The average molecular weight is 431 g/mol. The van der Waals surface area contributed by atoms with E-state index in [2.05, 4.69) is 4.98 Å². The summed E-state index contributed by atoms with van der Waals surface area (Å²) < 4.78 is 18.9. The first-order valence-electron chi connectivity index (χ1n) is 9.79. The van der Waals surface area contributed by atoms with Gasteiger partial charge in [-0.1, -0.05) is 18.2 Å². The largest absolute Gasteiger partial charge is 0.482 e. The van der Waals surface area contributed by atoms with E-state index in [1.54, 1.807) is 34.6 Å². The first kappa shape index (κ1) is 19.4. The first-order valence-corrected chi connectivity index (χ1v) is 10.6. The Hall–Kier alpha value is -3.58. The van der Waals surface area contributed by atoms with Gasteiger partial charge in [0.25, 0.3) is 5.91 Å². The number of aryl methyl sites for hydroxylation is 1. The van der Waals surface area contributed by atoms with Crippen molar-refractivity contribution in [2.75, 3.05) is 11.5 Å². The van der Waals surface area contributed by atoms with Crippen LogP contribution in [0.4, 0.5) is 10.1 Å². The van der Waals surface area contributed by atoms with Crippen molar-refractivity contribution in [3.63, 3.8) is 0 Å². The SMILES string of the molecule is Cc1sc(-c2ccccn2)nc1-c1ccc2c(c1)N(Cc1ccc(F)cc1)C(=O)CO2. The Labute approximate surface area is 182 Å². The molecule has 0 atom stereocenters. The molecule has 7 heteroatoms. The van der Waals surface area contributed by atoms with E-state index < -0.39 is 0 Å². The standard InChI is InChI=1S/C24H18FN3O2S/c1-15-23(27-24(31-15)19-4-2-3-11-26-19)17-7-10-21-20(12-17)28(22(29)14-30-21)13-16-5-8-18(25)9-6-16/h2-12H,13-14H2,1H3. The summed E-state index contributed by atoms with van der Waals surface area (Å²) in [7, 11) is 0. The second kappa shape index (κ2) is 7.92. The summed E-state index contributed by atoms with van der Waals surface area (Å²) in [6, 6.07) is 17.7. The van der Waals surface area contributed by atoms with Crippen LogP contribution in [0.5, 0.6) is 5.75 Å². The minimum atomic E-state index is -0.303. The fourth-order valence-corrected chi connectivity index (χ4v) is 4.47. The number of pyridine rings is 1. The van der Waals surface area contributed by atoms with Crippen molar-refractivity contribution in [2.45, 2.75) is 13.5 Å². The van der Waals surface area contributed by atoms with Crippen molar-refractivity contribution < 1.29 is 13.9 Å². The highest BCUT2D eigenvalue weighted by molar-refractivity contribution is 7.15. The molecule has 0 saturated carbocycles. The van der Waals surface area contributed by atoms with Crippen LogP contribution in [0.2, 0.25) is 0 Å². The fraction of sp³-hybridized carbons (Fsp3) is 0.125. The number of carbonyl (C=O) groups is 1. The molecule has 0 saturated heterocycles. The summed E-state index contributed by atoms with van der Waals surface area (Å²) in [6.45, 7) is 2.35. The van der Waals surface area contributed by atoms with Gasteiger partial charge in [0.05, 0.1) is 23.6 Å². The summed E-state index contributed by atoms with van der Waals surface area (Å²) in [5.41, 5.74) is 4.11. The fourth-order valence-electron chi connectivity index (χ4n) is 3.56. The Morgan fingerprint density at radius 1 is 1.13 bits per heavy atom. The van der Waals surface area contributed by atoms with Crippen molar-refractivity contribution in [1.29, 1.82) is 0 Å². The van der Waals surface area contributed by atoms with Gasteiger partial charge in [0.2, 0.25) is 0 Å². The van der Waals surface area contributed by atoms with Gasteiger partial charge in [0.15, 0.2) is 6.61 Å². The van der Waals surface area contributed by atoms with E-state index in [9.17, 15) is 9.18 Å². The highest BCUT2D eigenvalue weighted by Crippen LogP contribution is 2.39. The molecule has 1 aliphatic rings. The maximum atomic E-state index is 13.3. The summed E-state index contributed by atoms with van der Waals surface area (Å²) in [5, 5.41) is 0.848. The summed E-state index contributed by atoms with van der Waals surface area (Å²) in [6.07, 6.45) is 1.75. The number of anilines is 1. The third-order valence-corrected chi connectivity index (χ3v) is 6.10. The lowest BCUT2D eigenvalue weighted by Crippen LogP contribution is -2.38. The monoisotopic (exact) mass is 431 g/mol. The van der Waals surface area contributed by atoms with Gasteiger partial charge in [-0.25, -0.2) is 9.37 Å². The van der Waals surface area contributed by atoms with Crippen LogP contribution in [0.1, 0.15) is 10.4 Å². The van der Waals surface area contributed by atoms with E-state index >= 15 is 0 Å². The van der Waals surface area contributed by atoms with Crippen molar-refractivity contribution >= 4 is 22.9 Å². The van der Waals surface area contributed by atoms with E-state index in [-0.39, 0.29) is 18.3 Å². The summed E-state index contributed by atoms with van der Waals surface area (Å²) in [5.74, 6) is 0.198. The normalized spacial score (nSPS) is 13.1. The third kappa shape index (κ3) is 3.80. The van der Waals surface area contributed by atoms with Crippen molar-refractivity contribution in [3.8, 4) is 27.7 Å².